The molecule has 2 amide bonds. The highest BCUT2D eigenvalue weighted by atomic mass is 32.1. The summed E-state index contributed by atoms with van der Waals surface area (Å²) in [6.07, 6.45) is 0. The van der Waals surface area contributed by atoms with Crippen LogP contribution in [0.3, 0.4) is 0 Å². The molecule has 0 spiro atoms. The summed E-state index contributed by atoms with van der Waals surface area (Å²) in [6.45, 7) is 1.74. The van der Waals surface area contributed by atoms with Crippen molar-refractivity contribution >= 4 is 23.3 Å². The second-order valence-corrected chi connectivity index (χ2v) is 3.71. The van der Waals surface area contributed by atoms with Gasteiger partial charge in [0.2, 0.25) is 0 Å². The van der Waals surface area contributed by atoms with Crippen LogP contribution in [0.25, 0.3) is 0 Å². The van der Waals surface area contributed by atoms with Crippen molar-refractivity contribution < 1.29 is 14.7 Å². The number of hydrogen-bond donors (Lipinski definition) is 3. The fourth-order valence-electron chi connectivity index (χ4n) is 0.915. The first-order valence-electron chi connectivity index (χ1n) is 4.21. The van der Waals surface area contributed by atoms with Gasteiger partial charge >= 0.3 is 12.0 Å². The Bertz CT molecular complexity index is 377. The Balaban J connectivity index is 2.69. The van der Waals surface area contributed by atoms with E-state index in [2.05, 4.69) is 15.6 Å². The van der Waals surface area contributed by atoms with E-state index < -0.39 is 5.97 Å². The zero-order valence-electron chi connectivity index (χ0n) is 8.27. The average molecular weight is 229 g/mol. The van der Waals surface area contributed by atoms with Crippen LogP contribution in [-0.2, 0) is 0 Å². The number of urea groups is 1. The van der Waals surface area contributed by atoms with E-state index in [4.69, 9.17) is 5.11 Å². The van der Waals surface area contributed by atoms with Crippen LogP contribution in [0.2, 0.25) is 0 Å². The molecule has 82 valence electrons. The molecule has 1 aromatic heterocycles. The minimum atomic E-state index is -1.07. The Hall–Kier alpha value is -1.63. The Kier molecular flexibility index (Phi) is 3.62. The summed E-state index contributed by atoms with van der Waals surface area (Å²) in [5, 5.41) is 15.7. The lowest BCUT2D eigenvalue weighted by Gasteiger charge is -2.09. The van der Waals surface area contributed by atoms with E-state index in [0.29, 0.717) is 5.01 Å². The number of carboxylic acid groups (broad SMARTS) is 1. The van der Waals surface area contributed by atoms with Crippen molar-refractivity contribution in [2.75, 3.05) is 7.05 Å². The number of hydrogen-bond acceptors (Lipinski definition) is 4. The van der Waals surface area contributed by atoms with E-state index in [-0.39, 0.29) is 17.8 Å². The highest BCUT2D eigenvalue weighted by Gasteiger charge is 2.14. The summed E-state index contributed by atoms with van der Waals surface area (Å²) in [7, 11) is 1.51. The third-order valence-corrected chi connectivity index (χ3v) is 2.71. The molecule has 0 bridgehead atoms. The van der Waals surface area contributed by atoms with Gasteiger partial charge in [-0.3, -0.25) is 0 Å². The maximum Gasteiger partial charge on any atom is 0.355 e. The van der Waals surface area contributed by atoms with E-state index >= 15 is 0 Å². The molecule has 0 aliphatic carbocycles. The Labute approximate surface area is 90.3 Å². The highest BCUT2D eigenvalue weighted by Crippen LogP contribution is 2.17. The fraction of sp³-hybridized carbons (Fsp3) is 0.375. The van der Waals surface area contributed by atoms with Gasteiger partial charge in [0, 0.05) is 12.4 Å². The number of carbonyl (C=O) groups excluding carboxylic acids is 1. The quantitative estimate of drug-likeness (QED) is 0.716. The molecular weight excluding hydrogens is 218 g/mol. The summed E-state index contributed by atoms with van der Waals surface area (Å²) in [6, 6.07) is -0.627. The lowest BCUT2D eigenvalue weighted by Crippen LogP contribution is -2.34. The summed E-state index contributed by atoms with van der Waals surface area (Å²) >= 11 is 1.20. The first kappa shape index (κ1) is 11.4. The van der Waals surface area contributed by atoms with Crippen molar-refractivity contribution in [3.63, 3.8) is 0 Å². The number of amides is 2. The van der Waals surface area contributed by atoms with Crippen molar-refractivity contribution in [2.45, 2.75) is 13.0 Å². The normalized spacial score (nSPS) is 11.9. The minimum Gasteiger partial charge on any atom is -0.476 e. The maximum atomic E-state index is 11.0. The smallest absolute Gasteiger partial charge is 0.355 e. The van der Waals surface area contributed by atoms with E-state index in [0.717, 1.165) is 0 Å². The lowest BCUT2D eigenvalue weighted by molar-refractivity contribution is 0.0691. The number of nitrogens with one attached hydrogen (secondary N) is 2. The number of aromatic nitrogens is 1. The van der Waals surface area contributed by atoms with Crippen LogP contribution < -0.4 is 10.6 Å². The van der Waals surface area contributed by atoms with Gasteiger partial charge in [0.1, 0.15) is 5.01 Å². The first-order valence-corrected chi connectivity index (χ1v) is 5.09. The van der Waals surface area contributed by atoms with E-state index in [1.165, 1.54) is 23.8 Å². The van der Waals surface area contributed by atoms with Gasteiger partial charge in [-0.05, 0) is 6.92 Å². The van der Waals surface area contributed by atoms with Gasteiger partial charge in [-0.1, -0.05) is 0 Å². The topological polar surface area (TPSA) is 91.3 Å². The molecule has 0 saturated heterocycles. The van der Waals surface area contributed by atoms with Crippen LogP contribution >= 0.6 is 11.3 Å². The van der Waals surface area contributed by atoms with Crippen LogP contribution in [0.4, 0.5) is 4.79 Å². The van der Waals surface area contributed by atoms with Gasteiger partial charge in [0.25, 0.3) is 0 Å². The van der Waals surface area contributed by atoms with Gasteiger partial charge in [-0.15, -0.1) is 11.3 Å². The summed E-state index contributed by atoms with van der Waals surface area (Å²) in [5.41, 5.74) is 0.000515. The largest absolute Gasteiger partial charge is 0.476 e. The number of rotatable bonds is 3. The number of aromatic carboxylic acids is 1. The molecule has 1 atom stereocenters. The molecular formula is C8H11N3O3S. The van der Waals surface area contributed by atoms with Crippen molar-refractivity contribution in [2.24, 2.45) is 0 Å². The minimum absolute atomic E-state index is 0.000515. The third kappa shape index (κ3) is 2.91. The van der Waals surface area contributed by atoms with Crippen molar-refractivity contribution in [3.8, 4) is 0 Å². The number of thiazole rings is 1. The lowest BCUT2D eigenvalue weighted by atomic mass is 10.3. The summed E-state index contributed by atoms with van der Waals surface area (Å²) < 4.78 is 0. The first-order chi connectivity index (χ1) is 7.04. The summed E-state index contributed by atoms with van der Waals surface area (Å²) in [5.74, 6) is -1.07. The van der Waals surface area contributed by atoms with E-state index in [1.807, 2.05) is 0 Å². The van der Waals surface area contributed by atoms with Crippen LogP contribution in [-0.4, -0.2) is 29.1 Å². The SMILES string of the molecule is CNC(=O)NC(C)c1nc(C(=O)O)cs1. The van der Waals surface area contributed by atoms with Crippen LogP contribution in [0, 0.1) is 0 Å². The number of carbonyl (C=O) groups is 2. The van der Waals surface area contributed by atoms with Gasteiger partial charge in [-0.2, -0.15) is 0 Å². The zero-order chi connectivity index (χ0) is 11.4. The monoisotopic (exact) mass is 229 g/mol. The molecule has 1 rings (SSSR count). The molecule has 1 heterocycles. The Morgan fingerprint density at radius 3 is 2.73 bits per heavy atom. The van der Waals surface area contributed by atoms with Crippen molar-refractivity contribution in [3.05, 3.63) is 16.1 Å². The van der Waals surface area contributed by atoms with Gasteiger partial charge in [0.05, 0.1) is 6.04 Å². The Morgan fingerprint density at radius 2 is 2.27 bits per heavy atom. The predicted molar refractivity (Wildman–Crippen MR) is 55.1 cm³/mol. The predicted octanol–water partition coefficient (Wildman–Crippen LogP) is 0.831. The second kappa shape index (κ2) is 4.74. The highest BCUT2D eigenvalue weighted by molar-refractivity contribution is 7.09. The molecule has 15 heavy (non-hydrogen) atoms. The van der Waals surface area contributed by atoms with Gasteiger partial charge in [0.15, 0.2) is 5.69 Å². The van der Waals surface area contributed by atoms with Crippen LogP contribution in [0.15, 0.2) is 5.38 Å². The fourth-order valence-corrected chi connectivity index (χ4v) is 1.72. The average Bonchev–Trinajstić information content (AvgIpc) is 2.66. The molecule has 0 aliphatic rings. The molecule has 0 saturated carbocycles. The standard InChI is InChI=1S/C8H11N3O3S/c1-4(10-8(14)9-2)6-11-5(3-15-6)7(12)13/h3-4H,1-2H3,(H,12,13)(H2,9,10,14). The van der Waals surface area contributed by atoms with Crippen molar-refractivity contribution in [1.29, 1.82) is 0 Å². The van der Waals surface area contributed by atoms with Gasteiger partial charge < -0.3 is 15.7 Å². The number of carboxylic acids is 1. The number of nitrogens with zero attached hydrogens (tertiary/aromatic N) is 1. The third-order valence-electron chi connectivity index (χ3n) is 1.69. The molecule has 3 N–H and O–H groups in total. The van der Waals surface area contributed by atoms with E-state index in [1.54, 1.807) is 6.92 Å². The van der Waals surface area contributed by atoms with E-state index in [9.17, 15) is 9.59 Å². The molecule has 0 aromatic carbocycles. The molecule has 1 unspecified atom stereocenters. The van der Waals surface area contributed by atoms with Gasteiger partial charge in [-0.25, -0.2) is 14.6 Å². The second-order valence-electron chi connectivity index (χ2n) is 2.82. The summed E-state index contributed by atoms with van der Waals surface area (Å²) in [4.78, 5) is 25.4. The molecule has 6 nitrogen and oxygen atoms in total. The van der Waals surface area contributed by atoms with Crippen molar-refractivity contribution in [1.82, 2.24) is 15.6 Å². The molecule has 0 radical (unpaired) electrons. The van der Waals surface area contributed by atoms with Crippen LogP contribution in [0.1, 0.15) is 28.5 Å². The van der Waals surface area contributed by atoms with Crippen LogP contribution in [0.5, 0.6) is 0 Å². The maximum absolute atomic E-state index is 11.0. The molecule has 0 fully saturated rings. The zero-order valence-corrected chi connectivity index (χ0v) is 9.09. The molecule has 7 heteroatoms. The molecule has 1 aromatic rings. The Morgan fingerprint density at radius 1 is 1.60 bits per heavy atom. The molecule has 0 aliphatic heterocycles.